The average Bonchev–Trinajstić information content (AvgIpc) is 3.20. The second-order valence-corrected chi connectivity index (χ2v) is 9.41. The van der Waals surface area contributed by atoms with Crippen molar-refractivity contribution in [1.29, 1.82) is 0 Å². The van der Waals surface area contributed by atoms with E-state index >= 15 is 0 Å². The van der Waals surface area contributed by atoms with Crippen molar-refractivity contribution < 1.29 is 14.0 Å². The molecule has 0 radical (unpaired) electrons. The standard InChI is InChI=1S/C25H30FN5O2/c1-17-14-29(13-12-18-6-4-3-5-7-18)24-27-22-21(30(24)15-17)23(32)31(25(33)28(22)2)16-19-8-10-20(26)11-9-19/h3-11,17,21-22,24,27H,12-16H2,1-2H3. The van der Waals surface area contributed by atoms with Crippen LogP contribution in [0.1, 0.15) is 18.1 Å². The molecule has 0 aliphatic carbocycles. The first-order chi connectivity index (χ1) is 15.9. The predicted octanol–water partition coefficient (Wildman–Crippen LogP) is 2.30. The molecule has 0 aromatic heterocycles. The van der Waals surface area contributed by atoms with Gasteiger partial charge in [0.2, 0.25) is 0 Å². The first-order valence-electron chi connectivity index (χ1n) is 11.5. The van der Waals surface area contributed by atoms with Crippen molar-refractivity contribution >= 4 is 11.9 Å². The van der Waals surface area contributed by atoms with E-state index in [0.29, 0.717) is 5.92 Å². The van der Waals surface area contributed by atoms with Crippen LogP contribution in [0.5, 0.6) is 0 Å². The van der Waals surface area contributed by atoms with Gasteiger partial charge >= 0.3 is 6.03 Å². The van der Waals surface area contributed by atoms with Crippen LogP contribution in [0.4, 0.5) is 9.18 Å². The lowest BCUT2D eigenvalue weighted by Gasteiger charge is -2.45. The number of hydrogen-bond donors (Lipinski definition) is 1. The molecule has 3 amide bonds. The van der Waals surface area contributed by atoms with Gasteiger partial charge in [0.25, 0.3) is 5.91 Å². The molecule has 0 saturated carbocycles. The van der Waals surface area contributed by atoms with Gasteiger partial charge in [-0.3, -0.25) is 24.8 Å². The van der Waals surface area contributed by atoms with Gasteiger partial charge in [-0.2, -0.15) is 0 Å². The number of carbonyl (C=O) groups is 2. The number of benzene rings is 2. The number of rotatable bonds is 5. The second kappa shape index (κ2) is 8.85. The van der Waals surface area contributed by atoms with Crippen LogP contribution in [0, 0.1) is 11.7 Å². The van der Waals surface area contributed by atoms with Crippen molar-refractivity contribution in [2.24, 2.45) is 5.92 Å². The summed E-state index contributed by atoms with van der Waals surface area (Å²) in [5, 5.41) is 3.56. The lowest BCUT2D eigenvalue weighted by molar-refractivity contribution is -0.141. The Hall–Kier alpha value is -2.81. The molecule has 2 aromatic rings. The van der Waals surface area contributed by atoms with E-state index in [9.17, 15) is 14.0 Å². The van der Waals surface area contributed by atoms with E-state index in [-0.39, 0.29) is 36.8 Å². The molecule has 1 N–H and O–H groups in total. The topological polar surface area (TPSA) is 59.1 Å². The van der Waals surface area contributed by atoms with Crippen LogP contribution in [0.2, 0.25) is 0 Å². The minimum absolute atomic E-state index is 0.0927. The van der Waals surface area contributed by atoms with E-state index in [1.165, 1.54) is 22.6 Å². The van der Waals surface area contributed by atoms with Gasteiger partial charge in [-0.05, 0) is 35.6 Å². The Morgan fingerprint density at radius 2 is 1.73 bits per heavy atom. The van der Waals surface area contributed by atoms with Gasteiger partial charge < -0.3 is 4.90 Å². The van der Waals surface area contributed by atoms with Crippen LogP contribution in [-0.2, 0) is 17.8 Å². The molecule has 3 heterocycles. The second-order valence-electron chi connectivity index (χ2n) is 9.41. The number of hydrogen-bond acceptors (Lipinski definition) is 5. The molecule has 5 rings (SSSR count). The summed E-state index contributed by atoms with van der Waals surface area (Å²) >= 11 is 0. The molecule has 3 saturated heterocycles. The van der Waals surface area contributed by atoms with Crippen LogP contribution in [-0.4, -0.2) is 76.7 Å². The third kappa shape index (κ3) is 4.14. The molecule has 4 unspecified atom stereocenters. The summed E-state index contributed by atoms with van der Waals surface area (Å²) in [5.74, 6) is -0.133. The molecule has 7 nitrogen and oxygen atoms in total. The van der Waals surface area contributed by atoms with E-state index in [4.69, 9.17) is 0 Å². The number of imide groups is 1. The number of nitrogens with zero attached hydrogens (tertiary/aromatic N) is 4. The SMILES string of the molecule is CC1CN(CCc2ccccc2)C2NC3C(C(=O)N(Cc4ccc(F)cc4)C(=O)N3C)N2C1. The van der Waals surface area contributed by atoms with Crippen molar-refractivity contribution in [2.45, 2.75) is 38.4 Å². The largest absolute Gasteiger partial charge is 0.328 e. The maximum Gasteiger partial charge on any atom is 0.328 e. The predicted molar refractivity (Wildman–Crippen MR) is 122 cm³/mol. The van der Waals surface area contributed by atoms with Crippen LogP contribution in [0.25, 0.3) is 0 Å². The van der Waals surface area contributed by atoms with Crippen LogP contribution >= 0.6 is 0 Å². The highest BCUT2D eigenvalue weighted by atomic mass is 19.1. The number of halogens is 1. The Bertz CT molecular complexity index is 1020. The zero-order valence-electron chi connectivity index (χ0n) is 19.0. The molecule has 33 heavy (non-hydrogen) atoms. The number of urea groups is 1. The Labute approximate surface area is 193 Å². The maximum absolute atomic E-state index is 13.6. The number of nitrogens with one attached hydrogen (secondary N) is 1. The van der Waals surface area contributed by atoms with Gasteiger partial charge in [-0.25, -0.2) is 9.18 Å². The van der Waals surface area contributed by atoms with E-state index in [0.717, 1.165) is 31.6 Å². The molecular formula is C25H30FN5O2. The third-order valence-corrected chi connectivity index (χ3v) is 6.96. The Morgan fingerprint density at radius 3 is 2.45 bits per heavy atom. The number of likely N-dealkylation sites (N-methyl/N-ethyl adjacent to an activating group) is 1. The molecule has 0 spiro atoms. The van der Waals surface area contributed by atoms with Crippen molar-refractivity contribution in [3.63, 3.8) is 0 Å². The zero-order valence-corrected chi connectivity index (χ0v) is 19.0. The van der Waals surface area contributed by atoms with Crippen LogP contribution in [0.3, 0.4) is 0 Å². The Morgan fingerprint density at radius 1 is 1.00 bits per heavy atom. The molecule has 8 heteroatoms. The van der Waals surface area contributed by atoms with Gasteiger partial charge in [-0.1, -0.05) is 49.4 Å². The highest BCUT2D eigenvalue weighted by Gasteiger charge is 2.56. The van der Waals surface area contributed by atoms with Gasteiger partial charge in [0, 0.05) is 26.7 Å². The molecule has 3 aliphatic heterocycles. The molecule has 3 fully saturated rings. The smallest absolute Gasteiger partial charge is 0.310 e. The van der Waals surface area contributed by atoms with Gasteiger partial charge in [0.1, 0.15) is 24.3 Å². The van der Waals surface area contributed by atoms with Gasteiger partial charge in [0.15, 0.2) is 0 Å². The number of fused-ring (bicyclic) bond motifs is 3. The molecule has 174 valence electrons. The fourth-order valence-corrected chi connectivity index (χ4v) is 5.33. The van der Waals surface area contributed by atoms with E-state index in [2.05, 4.69) is 46.3 Å². The minimum Gasteiger partial charge on any atom is -0.310 e. The molecular weight excluding hydrogens is 421 g/mol. The molecule has 4 atom stereocenters. The average molecular weight is 452 g/mol. The summed E-state index contributed by atoms with van der Waals surface area (Å²) in [4.78, 5) is 34.2. The first kappa shape index (κ1) is 22.0. The molecule has 0 bridgehead atoms. The van der Waals surface area contributed by atoms with E-state index in [1.54, 1.807) is 24.1 Å². The van der Waals surface area contributed by atoms with Gasteiger partial charge in [0.05, 0.1) is 6.54 Å². The van der Waals surface area contributed by atoms with Crippen LogP contribution in [0.15, 0.2) is 54.6 Å². The van der Waals surface area contributed by atoms with Crippen molar-refractivity contribution in [1.82, 2.24) is 24.9 Å². The normalized spacial score (nSPS) is 28.2. The molecule has 3 aliphatic rings. The highest BCUT2D eigenvalue weighted by molar-refractivity contribution is 6.00. The summed E-state index contributed by atoms with van der Waals surface area (Å²) in [6.07, 6.45) is 0.461. The first-order valence-corrected chi connectivity index (χ1v) is 11.5. The summed E-state index contributed by atoms with van der Waals surface area (Å²) < 4.78 is 13.3. The maximum atomic E-state index is 13.6. The van der Waals surface area contributed by atoms with Gasteiger partial charge in [-0.15, -0.1) is 0 Å². The van der Waals surface area contributed by atoms with E-state index in [1.807, 2.05) is 6.07 Å². The van der Waals surface area contributed by atoms with Crippen LogP contribution < -0.4 is 5.32 Å². The summed E-state index contributed by atoms with van der Waals surface area (Å²) in [5.41, 5.74) is 2.01. The number of amides is 3. The minimum atomic E-state index is -0.444. The lowest BCUT2D eigenvalue weighted by atomic mass is 10.0. The summed E-state index contributed by atoms with van der Waals surface area (Å²) in [7, 11) is 1.74. The fourth-order valence-electron chi connectivity index (χ4n) is 5.33. The van der Waals surface area contributed by atoms with Crippen molar-refractivity contribution in [3.8, 4) is 0 Å². The quantitative estimate of drug-likeness (QED) is 0.756. The molecule has 2 aromatic carbocycles. The van der Waals surface area contributed by atoms with Crippen molar-refractivity contribution in [2.75, 3.05) is 26.7 Å². The third-order valence-electron chi connectivity index (χ3n) is 6.96. The fraction of sp³-hybridized carbons (Fsp3) is 0.440. The van der Waals surface area contributed by atoms with Crippen molar-refractivity contribution in [3.05, 3.63) is 71.5 Å². The Balaban J connectivity index is 1.36. The number of carbonyl (C=O) groups excluding carboxylic acids is 2. The lowest BCUT2D eigenvalue weighted by Crippen LogP contribution is -2.66. The summed E-state index contributed by atoms with van der Waals surface area (Å²) in [6, 6.07) is 15.6. The zero-order chi connectivity index (χ0) is 23.1. The Kier molecular flexibility index (Phi) is 5.90. The summed E-state index contributed by atoms with van der Waals surface area (Å²) in [6.45, 7) is 4.94. The monoisotopic (exact) mass is 451 g/mol. The highest BCUT2D eigenvalue weighted by Crippen LogP contribution is 2.32. The van der Waals surface area contributed by atoms with E-state index < -0.39 is 6.04 Å².